The fourth-order valence-corrected chi connectivity index (χ4v) is 3.69. The topological polar surface area (TPSA) is 59.8 Å². The molecule has 5 heteroatoms. The molecule has 5 nitrogen and oxygen atoms in total. The van der Waals surface area contributed by atoms with Crippen LogP contribution >= 0.6 is 0 Å². The summed E-state index contributed by atoms with van der Waals surface area (Å²) in [6.07, 6.45) is 5.86. The molecule has 1 amide bonds. The minimum Gasteiger partial charge on any atom is -0.359 e. The molecule has 1 saturated carbocycles. The van der Waals surface area contributed by atoms with Gasteiger partial charge in [0.15, 0.2) is 0 Å². The maximum Gasteiger partial charge on any atom is 0.224 e. The lowest BCUT2D eigenvalue weighted by atomic mass is 9.99. The number of benzene rings is 1. The molecule has 27 heavy (non-hydrogen) atoms. The van der Waals surface area contributed by atoms with E-state index in [9.17, 15) is 4.79 Å². The molecule has 4 rings (SSSR count). The molecule has 0 spiro atoms. The van der Waals surface area contributed by atoms with E-state index in [1.807, 2.05) is 6.20 Å². The van der Waals surface area contributed by atoms with E-state index in [1.54, 1.807) is 7.05 Å². The highest BCUT2D eigenvalue weighted by molar-refractivity contribution is 5.88. The number of likely N-dealkylation sites (N-methyl/N-ethyl adjacent to an activating group) is 1. The Bertz CT molecular complexity index is 1000. The zero-order valence-corrected chi connectivity index (χ0v) is 16.2. The van der Waals surface area contributed by atoms with E-state index in [-0.39, 0.29) is 5.91 Å². The van der Waals surface area contributed by atoms with Crippen molar-refractivity contribution in [3.05, 3.63) is 47.3 Å². The summed E-state index contributed by atoms with van der Waals surface area (Å²) in [5.41, 5.74) is 6.59. The first-order valence-electron chi connectivity index (χ1n) is 9.77. The predicted octanol–water partition coefficient (Wildman–Crippen LogP) is 3.98. The van der Waals surface area contributed by atoms with Crippen molar-refractivity contribution in [1.82, 2.24) is 20.1 Å². The quantitative estimate of drug-likeness (QED) is 0.721. The van der Waals surface area contributed by atoms with Crippen LogP contribution in [0.5, 0.6) is 0 Å². The molecule has 1 aromatic carbocycles. The number of carbonyl (C=O) groups is 1. The molecule has 0 radical (unpaired) electrons. The van der Waals surface area contributed by atoms with E-state index in [1.165, 1.54) is 23.8 Å². The number of fused-ring (bicyclic) bond motifs is 1. The van der Waals surface area contributed by atoms with Crippen molar-refractivity contribution in [2.45, 2.75) is 52.0 Å². The van der Waals surface area contributed by atoms with E-state index in [4.69, 9.17) is 4.98 Å². The number of rotatable bonds is 6. The molecule has 0 saturated heterocycles. The van der Waals surface area contributed by atoms with Gasteiger partial charge in [0.2, 0.25) is 5.91 Å². The first kappa shape index (κ1) is 17.7. The Kier molecular flexibility index (Phi) is 4.68. The lowest BCUT2D eigenvalue weighted by Crippen LogP contribution is -2.19. The number of hydrogen-bond donors (Lipinski definition) is 1. The van der Waals surface area contributed by atoms with Gasteiger partial charge in [-0.15, -0.1) is 0 Å². The van der Waals surface area contributed by atoms with Gasteiger partial charge in [-0.2, -0.15) is 5.10 Å². The smallest absolute Gasteiger partial charge is 0.224 e. The number of carbonyl (C=O) groups excluding carboxylic acids is 1. The predicted molar refractivity (Wildman–Crippen MR) is 108 cm³/mol. The molecule has 0 aliphatic heterocycles. The lowest BCUT2D eigenvalue weighted by Gasteiger charge is -2.11. The summed E-state index contributed by atoms with van der Waals surface area (Å²) in [4.78, 5) is 16.7. The van der Waals surface area contributed by atoms with Gasteiger partial charge in [-0.05, 0) is 55.4 Å². The third kappa shape index (κ3) is 3.46. The normalized spacial score (nSPS) is 13.9. The van der Waals surface area contributed by atoms with Crippen molar-refractivity contribution in [3.8, 4) is 11.3 Å². The van der Waals surface area contributed by atoms with Crippen LogP contribution in [-0.2, 0) is 17.8 Å². The third-order valence-electron chi connectivity index (χ3n) is 5.38. The second-order valence-electron chi connectivity index (χ2n) is 7.44. The first-order chi connectivity index (χ1) is 13.1. The van der Waals surface area contributed by atoms with E-state index in [0.717, 1.165) is 41.0 Å². The van der Waals surface area contributed by atoms with Gasteiger partial charge < -0.3 is 5.32 Å². The highest BCUT2D eigenvalue weighted by Gasteiger charge is 2.27. The number of aryl methyl sites for hydroxylation is 1. The van der Waals surface area contributed by atoms with Crippen LogP contribution in [0.2, 0.25) is 0 Å². The van der Waals surface area contributed by atoms with Gasteiger partial charge in [-0.1, -0.05) is 19.1 Å². The number of nitrogens with one attached hydrogen (secondary N) is 1. The Morgan fingerprint density at radius 1 is 1.30 bits per heavy atom. The zero-order chi connectivity index (χ0) is 19.0. The minimum absolute atomic E-state index is 0.0182. The fraction of sp³-hybridized carbons (Fsp3) is 0.409. The Labute approximate surface area is 159 Å². The molecule has 3 aromatic rings. The molecule has 2 aromatic heterocycles. The third-order valence-corrected chi connectivity index (χ3v) is 5.38. The van der Waals surface area contributed by atoms with E-state index >= 15 is 0 Å². The molecule has 0 bridgehead atoms. The van der Waals surface area contributed by atoms with Crippen LogP contribution in [0, 0.1) is 6.92 Å². The number of aromatic nitrogens is 3. The van der Waals surface area contributed by atoms with Crippen molar-refractivity contribution in [1.29, 1.82) is 0 Å². The van der Waals surface area contributed by atoms with Gasteiger partial charge in [0.05, 0.1) is 23.8 Å². The Morgan fingerprint density at radius 3 is 2.81 bits per heavy atom. The fourth-order valence-electron chi connectivity index (χ4n) is 3.69. The van der Waals surface area contributed by atoms with Gasteiger partial charge in [-0.3, -0.25) is 9.48 Å². The average Bonchev–Trinajstić information content (AvgIpc) is 3.45. The van der Waals surface area contributed by atoms with Crippen LogP contribution in [0.4, 0.5) is 0 Å². The summed E-state index contributed by atoms with van der Waals surface area (Å²) >= 11 is 0. The standard InChI is InChI=1S/C22H26N4O/c1-4-9-26-14(2)19(13-24-26)21-12-18(16-6-7-16)17-8-5-15(10-20(17)25-21)11-22(27)23-3/h5,8,10,12-13,16H,4,6-7,9,11H2,1-3H3,(H,23,27). The van der Waals surface area contributed by atoms with Crippen LogP contribution in [0.25, 0.3) is 22.2 Å². The molecule has 1 N–H and O–H groups in total. The van der Waals surface area contributed by atoms with Crippen molar-refractivity contribution < 1.29 is 4.79 Å². The van der Waals surface area contributed by atoms with E-state index in [2.05, 4.69) is 53.2 Å². The monoisotopic (exact) mass is 362 g/mol. The van der Waals surface area contributed by atoms with Gasteiger partial charge in [0, 0.05) is 30.2 Å². The van der Waals surface area contributed by atoms with Gasteiger partial charge in [0.25, 0.3) is 0 Å². The van der Waals surface area contributed by atoms with Crippen LogP contribution < -0.4 is 5.32 Å². The average molecular weight is 362 g/mol. The van der Waals surface area contributed by atoms with Gasteiger partial charge in [0.1, 0.15) is 0 Å². The Hall–Kier alpha value is -2.69. The van der Waals surface area contributed by atoms with Crippen molar-refractivity contribution in [2.24, 2.45) is 0 Å². The molecule has 0 atom stereocenters. The Balaban J connectivity index is 1.82. The lowest BCUT2D eigenvalue weighted by molar-refractivity contribution is -0.119. The summed E-state index contributed by atoms with van der Waals surface area (Å²) in [5.74, 6) is 0.648. The van der Waals surface area contributed by atoms with Crippen molar-refractivity contribution in [3.63, 3.8) is 0 Å². The molecule has 1 fully saturated rings. The summed E-state index contributed by atoms with van der Waals surface area (Å²) in [7, 11) is 1.67. The molecular weight excluding hydrogens is 336 g/mol. The van der Waals surface area contributed by atoms with Crippen molar-refractivity contribution in [2.75, 3.05) is 7.05 Å². The molecular formula is C22H26N4O. The zero-order valence-electron chi connectivity index (χ0n) is 16.2. The van der Waals surface area contributed by atoms with Crippen LogP contribution in [0.15, 0.2) is 30.5 Å². The maximum atomic E-state index is 11.8. The Morgan fingerprint density at radius 2 is 2.11 bits per heavy atom. The number of hydrogen-bond acceptors (Lipinski definition) is 3. The van der Waals surface area contributed by atoms with E-state index in [0.29, 0.717) is 12.3 Å². The highest BCUT2D eigenvalue weighted by Crippen LogP contribution is 2.44. The maximum absolute atomic E-state index is 11.8. The van der Waals surface area contributed by atoms with Gasteiger partial charge in [-0.25, -0.2) is 4.98 Å². The molecule has 1 aliphatic carbocycles. The summed E-state index contributed by atoms with van der Waals surface area (Å²) in [6.45, 7) is 5.20. The molecule has 2 heterocycles. The second kappa shape index (κ2) is 7.14. The summed E-state index contributed by atoms with van der Waals surface area (Å²) in [6, 6.07) is 8.49. The molecule has 1 aliphatic rings. The molecule has 0 unspecified atom stereocenters. The summed E-state index contributed by atoms with van der Waals surface area (Å²) < 4.78 is 2.06. The number of amides is 1. The largest absolute Gasteiger partial charge is 0.359 e. The SMILES string of the molecule is CCCn1ncc(-c2cc(C3CC3)c3ccc(CC(=O)NC)cc3n2)c1C. The highest BCUT2D eigenvalue weighted by atomic mass is 16.1. The second-order valence-corrected chi connectivity index (χ2v) is 7.44. The van der Waals surface area contributed by atoms with Crippen LogP contribution in [-0.4, -0.2) is 27.7 Å². The summed E-state index contributed by atoms with van der Waals surface area (Å²) in [5, 5.41) is 8.44. The van der Waals surface area contributed by atoms with Crippen molar-refractivity contribution >= 4 is 16.8 Å². The van der Waals surface area contributed by atoms with Crippen LogP contribution in [0.1, 0.15) is 48.9 Å². The minimum atomic E-state index is 0.0182. The van der Waals surface area contributed by atoms with Crippen LogP contribution in [0.3, 0.4) is 0 Å². The van der Waals surface area contributed by atoms with Gasteiger partial charge >= 0.3 is 0 Å². The van der Waals surface area contributed by atoms with E-state index < -0.39 is 0 Å². The number of pyridine rings is 1. The first-order valence-corrected chi connectivity index (χ1v) is 9.77. The number of nitrogens with zero attached hydrogens (tertiary/aromatic N) is 3. The molecule has 140 valence electrons.